The fraction of sp³-hybridized carbons (Fsp3) is 0.462. The second kappa shape index (κ2) is 4.40. The monoisotopic (exact) mass is 268 g/mol. The third kappa shape index (κ3) is 2.10. The molecule has 1 unspecified atom stereocenters. The van der Waals surface area contributed by atoms with Crippen LogP contribution in [0.5, 0.6) is 0 Å². The molecule has 1 aromatic carbocycles. The molecule has 0 saturated carbocycles. The van der Waals surface area contributed by atoms with Crippen LogP contribution in [0.3, 0.4) is 0 Å². The van der Waals surface area contributed by atoms with Gasteiger partial charge in [-0.2, -0.15) is 5.26 Å². The van der Waals surface area contributed by atoms with Crippen LogP contribution in [0.2, 0.25) is 10.0 Å². The fourth-order valence-corrected chi connectivity index (χ4v) is 2.72. The second-order valence-electron chi connectivity index (χ2n) is 4.87. The van der Waals surface area contributed by atoms with E-state index in [1.54, 1.807) is 6.07 Å². The molecule has 2 nitrogen and oxygen atoms in total. The van der Waals surface area contributed by atoms with Gasteiger partial charge in [-0.1, -0.05) is 23.2 Å². The Bertz CT molecular complexity index is 477. The SMILES string of the molecule is CC1(C)C(C#N)CCN1c1ccc(Cl)c(Cl)c1. The van der Waals surface area contributed by atoms with Gasteiger partial charge >= 0.3 is 0 Å². The van der Waals surface area contributed by atoms with Gasteiger partial charge in [-0.3, -0.25) is 0 Å². The highest BCUT2D eigenvalue weighted by molar-refractivity contribution is 6.42. The number of nitriles is 1. The Hall–Kier alpha value is -0.910. The third-order valence-electron chi connectivity index (χ3n) is 3.56. The van der Waals surface area contributed by atoms with E-state index >= 15 is 0 Å². The highest BCUT2D eigenvalue weighted by atomic mass is 35.5. The van der Waals surface area contributed by atoms with Gasteiger partial charge in [0.15, 0.2) is 0 Å². The molecule has 0 N–H and O–H groups in total. The lowest BCUT2D eigenvalue weighted by Crippen LogP contribution is -2.42. The maximum atomic E-state index is 9.14. The molecule has 1 atom stereocenters. The lowest BCUT2D eigenvalue weighted by Gasteiger charge is -2.35. The average Bonchev–Trinajstić information content (AvgIpc) is 2.57. The molecular weight excluding hydrogens is 255 g/mol. The maximum absolute atomic E-state index is 9.14. The van der Waals surface area contributed by atoms with Crippen molar-refractivity contribution in [1.82, 2.24) is 0 Å². The zero-order chi connectivity index (χ0) is 12.6. The molecule has 0 aliphatic carbocycles. The number of nitrogens with zero attached hydrogens (tertiary/aromatic N) is 2. The summed E-state index contributed by atoms with van der Waals surface area (Å²) in [5.74, 6) is 0.0527. The molecule has 0 radical (unpaired) electrons. The van der Waals surface area contributed by atoms with Crippen molar-refractivity contribution >= 4 is 28.9 Å². The first-order valence-electron chi connectivity index (χ1n) is 5.59. The number of rotatable bonds is 1. The number of hydrogen-bond donors (Lipinski definition) is 0. The Balaban J connectivity index is 2.36. The van der Waals surface area contributed by atoms with Gasteiger partial charge in [-0.15, -0.1) is 0 Å². The van der Waals surface area contributed by atoms with E-state index in [2.05, 4.69) is 24.8 Å². The zero-order valence-corrected chi connectivity index (χ0v) is 11.4. The van der Waals surface area contributed by atoms with Crippen molar-refractivity contribution in [2.75, 3.05) is 11.4 Å². The van der Waals surface area contributed by atoms with Crippen LogP contribution in [0.25, 0.3) is 0 Å². The van der Waals surface area contributed by atoms with Crippen LogP contribution in [-0.4, -0.2) is 12.1 Å². The van der Waals surface area contributed by atoms with Gasteiger partial charge in [0.1, 0.15) is 0 Å². The van der Waals surface area contributed by atoms with Crippen LogP contribution < -0.4 is 4.90 Å². The fourth-order valence-electron chi connectivity index (χ4n) is 2.42. The first-order valence-corrected chi connectivity index (χ1v) is 6.34. The molecule has 0 aromatic heterocycles. The Morgan fingerprint density at radius 2 is 2.06 bits per heavy atom. The minimum Gasteiger partial charge on any atom is -0.365 e. The molecule has 1 aliphatic heterocycles. The summed E-state index contributed by atoms with van der Waals surface area (Å²) in [5.41, 5.74) is 0.869. The molecule has 1 saturated heterocycles. The van der Waals surface area contributed by atoms with Crippen molar-refractivity contribution in [3.05, 3.63) is 28.2 Å². The number of anilines is 1. The molecule has 0 bridgehead atoms. The minimum absolute atomic E-state index is 0.0527. The second-order valence-corrected chi connectivity index (χ2v) is 5.69. The topological polar surface area (TPSA) is 27.0 Å². The highest BCUT2D eigenvalue weighted by Gasteiger charge is 2.41. The summed E-state index contributed by atoms with van der Waals surface area (Å²) in [6, 6.07) is 8.00. The number of halogens is 2. The third-order valence-corrected chi connectivity index (χ3v) is 4.30. The summed E-state index contributed by atoms with van der Waals surface area (Å²) in [6.07, 6.45) is 0.893. The molecule has 4 heteroatoms. The van der Waals surface area contributed by atoms with Gasteiger partial charge in [0.25, 0.3) is 0 Å². The summed E-state index contributed by atoms with van der Waals surface area (Å²) in [4.78, 5) is 2.23. The van der Waals surface area contributed by atoms with Crippen LogP contribution in [0.4, 0.5) is 5.69 Å². The van der Waals surface area contributed by atoms with Crippen molar-refractivity contribution in [3.63, 3.8) is 0 Å². The molecule has 1 heterocycles. The molecule has 1 fully saturated rings. The molecule has 0 spiro atoms. The smallest absolute Gasteiger partial charge is 0.0706 e. The van der Waals surface area contributed by atoms with E-state index in [4.69, 9.17) is 28.5 Å². The first-order chi connectivity index (χ1) is 7.96. The first kappa shape index (κ1) is 12.5. The largest absolute Gasteiger partial charge is 0.365 e. The molecule has 0 amide bonds. The van der Waals surface area contributed by atoms with E-state index in [9.17, 15) is 0 Å². The number of benzene rings is 1. The Kier molecular flexibility index (Phi) is 3.25. The molecule has 1 aliphatic rings. The lowest BCUT2D eigenvalue weighted by molar-refractivity contribution is 0.439. The molecule has 2 rings (SSSR count). The quantitative estimate of drug-likeness (QED) is 0.766. The summed E-state index contributed by atoms with van der Waals surface area (Å²) >= 11 is 11.9. The van der Waals surface area contributed by atoms with Crippen LogP contribution in [0.15, 0.2) is 18.2 Å². The minimum atomic E-state index is -0.161. The van der Waals surface area contributed by atoms with Crippen LogP contribution in [0, 0.1) is 17.2 Å². The lowest BCUT2D eigenvalue weighted by atomic mass is 9.89. The highest BCUT2D eigenvalue weighted by Crippen LogP contribution is 2.39. The van der Waals surface area contributed by atoms with E-state index in [1.165, 1.54) is 0 Å². The van der Waals surface area contributed by atoms with E-state index in [0.29, 0.717) is 10.0 Å². The molecule has 90 valence electrons. The summed E-state index contributed by atoms with van der Waals surface area (Å²) in [7, 11) is 0. The molecule has 17 heavy (non-hydrogen) atoms. The zero-order valence-electron chi connectivity index (χ0n) is 9.87. The van der Waals surface area contributed by atoms with Gasteiger partial charge < -0.3 is 4.90 Å². The van der Waals surface area contributed by atoms with Gasteiger partial charge in [0.05, 0.1) is 27.6 Å². The van der Waals surface area contributed by atoms with E-state index < -0.39 is 0 Å². The molecular formula is C13H14Cl2N2. The Morgan fingerprint density at radius 3 is 2.59 bits per heavy atom. The van der Waals surface area contributed by atoms with Gasteiger partial charge in [0.2, 0.25) is 0 Å². The average molecular weight is 269 g/mol. The van der Waals surface area contributed by atoms with Gasteiger partial charge in [-0.25, -0.2) is 0 Å². The molecule has 1 aromatic rings. The maximum Gasteiger partial charge on any atom is 0.0706 e. The van der Waals surface area contributed by atoms with Crippen molar-refractivity contribution in [2.24, 2.45) is 5.92 Å². The van der Waals surface area contributed by atoms with Crippen molar-refractivity contribution < 1.29 is 0 Å². The van der Waals surface area contributed by atoms with Crippen LogP contribution in [-0.2, 0) is 0 Å². The van der Waals surface area contributed by atoms with Crippen LogP contribution >= 0.6 is 23.2 Å². The predicted octanol–water partition coefficient (Wildman–Crippen LogP) is 4.12. The number of hydrogen-bond acceptors (Lipinski definition) is 2. The standard InChI is InChI=1S/C13H14Cl2N2/c1-13(2)9(8-16)5-6-17(13)10-3-4-11(14)12(15)7-10/h3-4,7,9H,5-6H2,1-2H3. The Morgan fingerprint density at radius 1 is 1.35 bits per heavy atom. The van der Waals surface area contributed by atoms with Crippen molar-refractivity contribution in [3.8, 4) is 6.07 Å². The van der Waals surface area contributed by atoms with Crippen molar-refractivity contribution in [2.45, 2.75) is 25.8 Å². The van der Waals surface area contributed by atoms with Gasteiger partial charge in [0, 0.05) is 12.2 Å². The van der Waals surface area contributed by atoms with E-state index in [1.807, 2.05) is 12.1 Å². The predicted molar refractivity (Wildman–Crippen MR) is 71.6 cm³/mol. The van der Waals surface area contributed by atoms with E-state index in [0.717, 1.165) is 18.7 Å². The van der Waals surface area contributed by atoms with Crippen LogP contribution in [0.1, 0.15) is 20.3 Å². The summed E-state index contributed by atoms with van der Waals surface area (Å²) < 4.78 is 0. The normalized spacial score (nSPS) is 22.5. The summed E-state index contributed by atoms with van der Waals surface area (Å²) in [5, 5.41) is 10.3. The Labute approximate surface area is 112 Å². The summed E-state index contributed by atoms with van der Waals surface area (Å²) in [6.45, 7) is 5.07. The van der Waals surface area contributed by atoms with Gasteiger partial charge in [-0.05, 0) is 38.5 Å². The van der Waals surface area contributed by atoms with Crippen molar-refractivity contribution in [1.29, 1.82) is 5.26 Å². The van der Waals surface area contributed by atoms with E-state index in [-0.39, 0.29) is 11.5 Å².